The highest BCUT2D eigenvalue weighted by Gasteiger charge is 2.19. The molecule has 42 heavy (non-hydrogen) atoms. The fourth-order valence-corrected chi connectivity index (χ4v) is 3.75. The summed E-state index contributed by atoms with van der Waals surface area (Å²) in [7, 11) is 0. The first kappa shape index (κ1) is 30.9. The minimum atomic E-state index is -0.994. The molecule has 10 nitrogen and oxygen atoms in total. The Hall–Kier alpha value is -5.64. The lowest BCUT2D eigenvalue weighted by Gasteiger charge is -2.09. The molecule has 4 N–H and O–H groups in total. The average Bonchev–Trinajstić information content (AvgIpc) is 3.35. The summed E-state index contributed by atoms with van der Waals surface area (Å²) in [6.07, 6.45) is -0.0393. The lowest BCUT2D eigenvalue weighted by Crippen LogP contribution is -2.05. The zero-order valence-corrected chi connectivity index (χ0v) is 22.3. The zero-order chi connectivity index (χ0) is 30.5. The Bertz CT molecular complexity index is 1530. The third kappa shape index (κ3) is 9.83. The van der Waals surface area contributed by atoms with Crippen LogP contribution in [0.4, 0.5) is 0 Å². The van der Waals surface area contributed by atoms with Crippen molar-refractivity contribution < 1.29 is 49.1 Å². The van der Waals surface area contributed by atoms with E-state index in [-0.39, 0.29) is 36.7 Å². The Morgan fingerprint density at radius 2 is 1.26 bits per heavy atom. The molecule has 4 aromatic carbocycles. The number of ether oxygens (including phenoxy) is 2. The van der Waals surface area contributed by atoms with Crippen molar-refractivity contribution in [1.82, 2.24) is 0 Å². The molecule has 1 aliphatic rings. The molecule has 0 aliphatic carbocycles. The van der Waals surface area contributed by atoms with Gasteiger partial charge in [-0.2, -0.15) is 0 Å². The highest BCUT2D eigenvalue weighted by Crippen LogP contribution is 2.18. The summed E-state index contributed by atoms with van der Waals surface area (Å²) in [6, 6.07) is 26.9. The molecule has 0 unspecified atom stereocenters. The summed E-state index contributed by atoms with van der Waals surface area (Å²) in [5.41, 5.74) is 3.87. The number of cyclic esters (lactones) is 1. The van der Waals surface area contributed by atoms with Crippen LogP contribution in [0, 0.1) is 0 Å². The van der Waals surface area contributed by atoms with Crippen LogP contribution in [0.25, 0.3) is 0 Å². The van der Waals surface area contributed by atoms with Crippen LogP contribution < -0.4 is 4.74 Å². The fourth-order valence-electron chi connectivity index (χ4n) is 3.75. The SMILES string of the molecule is O=C(O)Cc1ccc(O)cc1.O=C(O)Cc1ccc(OCc2ccccc2C(=O)O)cc1.O=C1OCc2ccccc21. The number of esters is 1. The summed E-state index contributed by atoms with van der Waals surface area (Å²) in [4.78, 5) is 42.7. The number of hydrogen-bond acceptors (Lipinski definition) is 7. The lowest BCUT2D eigenvalue weighted by atomic mass is 10.1. The van der Waals surface area contributed by atoms with Crippen molar-refractivity contribution in [3.05, 3.63) is 130 Å². The smallest absolute Gasteiger partial charge is 0.338 e. The van der Waals surface area contributed by atoms with Crippen LogP contribution in [0.1, 0.15) is 43.0 Å². The molecule has 0 amide bonds. The molecule has 4 aromatic rings. The van der Waals surface area contributed by atoms with E-state index >= 15 is 0 Å². The van der Waals surface area contributed by atoms with Gasteiger partial charge in [0.05, 0.1) is 24.0 Å². The number of benzene rings is 4. The number of carbonyl (C=O) groups excluding carboxylic acids is 1. The van der Waals surface area contributed by atoms with E-state index in [1.807, 2.05) is 18.2 Å². The molecule has 0 saturated heterocycles. The molecule has 0 atom stereocenters. The molecule has 0 bridgehead atoms. The molecule has 0 aromatic heterocycles. The number of phenols is 1. The van der Waals surface area contributed by atoms with Gasteiger partial charge < -0.3 is 29.9 Å². The third-order valence-electron chi connectivity index (χ3n) is 5.81. The topological polar surface area (TPSA) is 168 Å². The maximum absolute atomic E-state index is 11.1. The van der Waals surface area contributed by atoms with Gasteiger partial charge in [0.2, 0.25) is 0 Å². The van der Waals surface area contributed by atoms with Crippen LogP contribution >= 0.6 is 0 Å². The van der Waals surface area contributed by atoms with E-state index in [4.69, 9.17) is 29.9 Å². The minimum Gasteiger partial charge on any atom is -0.508 e. The first-order chi connectivity index (χ1) is 20.1. The second-order valence-corrected chi connectivity index (χ2v) is 8.94. The van der Waals surface area contributed by atoms with E-state index < -0.39 is 17.9 Å². The molecule has 216 valence electrons. The van der Waals surface area contributed by atoms with E-state index in [0.717, 1.165) is 5.56 Å². The van der Waals surface area contributed by atoms with Crippen LogP contribution in [0.15, 0.2) is 97.1 Å². The van der Waals surface area contributed by atoms with Gasteiger partial charge in [-0.1, -0.05) is 60.7 Å². The molecule has 0 spiro atoms. The Kier molecular flexibility index (Phi) is 11.2. The lowest BCUT2D eigenvalue weighted by molar-refractivity contribution is -0.137. The van der Waals surface area contributed by atoms with Crippen molar-refractivity contribution >= 4 is 23.9 Å². The molecule has 10 heteroatoms. The van der Waals surface area contributed by atoms with E-state index in [9.17, 15) is 19.2 Å². The molecule has 1 aliphatic heterocycles. The predicted molar refractivity (Wildman–Crippen MR) is 151 cm³/mol. The van der Waals surface area contributed by atoms with Crippen LogP contribution in [-0.2, 0) is 40.4 Å². The Morgan fingerprint density at radius 1 is 0.714 bits per heavy atom. The van der Waals surface area contributed by atoms with Crippen molar-refractivity contribution in [1.29, 1.82) is 0 Å². The van der Waals surface area contributed by atoms with Gasteiger partial charge in [-0.3, -0.25) is 9.59 Å². The van der Waals surface area contributed by atoms with Crippen molar-refractivity contribution in [3.8, 4) is 11.5 Å². The van der Waals surface area contributed by atoms with E-state index in [1.54, 1.807) is 60.7 Å². The molecular formula is C32H28O10. The molecule has 0 saturated carbocycles. The van der Waals surface area contributed by atoms with E-state index in [1.165, 1.54) is 18.2 Å². The van der Waals surface area contributed by atoms with E-state index in [2.05, 4.69) is 0 Å². The minimum absolute atomic E-state index is 0.000278. The quantitative estimate of drug-likeness (QED) is 0.212. The van der Waals surface area contributed by atoms with E-state index in [0.29, 0.717) is 34.6 Å². The number of carboxylic acids is 3. The van der Waals surface area contributed by atoms with Gasteiger partial charge in [0.15, 0.2) is 0 Å². The standard InChI is InChI=1S/C16H14O5.C8H8O3.C8H6O2/c17-15(18)9-11-5-7-13(8-6-11)21-10-12-3-1-2-4-14(12)16(19)20;9-7-3-1-6(2-4-7)5-8(10)11;9-8-7-4-2-1-3-6(7)5-10-8/h1-8H,9-10H2,(H,17,18)(H,19,20);1-4,9H,5H2,(H,10,11);1-4H,5H2. The van der Waals surface area contributed by atoms with Crippen molar-refractivity contribution in [2.45, 2.75) is 26.1 Å². The predicted octanol–water partition coefficient (Wildman–Crippen LogP) is 4.97. The summed E-state index contributed by atoms with van der Waals surface area (Å²) < 4.78 is 10.3. The Labute approximate surface area is 241 Å². The first-order valence-electron chi connectivity index (χ1n) is 12.6. The normalized spacial score (nSPS) is 11.0. The van der Waals surface area contributed by atoms with Crippen molar-refractivity contribution in [2.75, 3.05) is 0 Å². The van der Waals surface area contributed by atoms with Gasteiger partial charge in [-0.05, 0) is 47.5 Å². The Morgan fingerprint density at radius 3 is 1.83 bits per heavy atom. The summed E-state index contributed by atoms with van der Waals surface area (Å²) in [5.74, 6) is -2.24. The van der Waals surface area contributed by atoms with Crippen LogP contribution in [0.3, 0.4) is 0 Å². The number of hydrogen-bond donors (Lipinski definition) is 4. The number of carbonyl (C=O) groups is 4. The molecule has 5 rings (SSSR count). The average molecular weight is 573 g/mol. The second kappa shape index (κ2) is 15.2. The maximum Gasteiger partial charge on any atom is 0.338 e. The second-order valence-electron chi connectivity index (χ2n) is 8.94. The van der Waals surface area contributed by atoms with Crippen LogP contribution in [-0.4, -0.2) is 44.3 Å². The number of aromatic hydroxyl groups is 1. The monoisotopic (exact) mass is 572 g/mol. The number of fused-ring (bicyclic) bond motifs is 1. The number of phenolic OH excluding ortho intramolecular Hbond substituents is 1. The van der Waals surface area contributed by atoms with Gasteiger partial charge in [0.1, 0.15) is 24.7 Å². The fraction of sp³-hybridized carbons (Fsp3) is 0.125. The van der Waals surface area contributed by atoms with Crippen LogP contribution in [0.2, 0.25) is 0 Å². The maximum atomic E-state index is 11.1. The third-order valence-corrected chi connectivity index (χ3v) is 5.81. The van der Waals surface area contributed by atoms with Gasteiger partial charge in [0.25, 0.3) is 0 Å². The van der Waals surface area contributed by atoms with Gasteiger partial charge in [-0.25, -0.2) is 9.59 Å². The van der Waals surface area contributed by atoms with Gasteiger partial charge in [-0.15, -0.1) is 0 Å². The van der Waals surface area contributed by atoms with Gasteiger partial charge >= 0.3 is 23.9 Å². The number of rotatable bonds is 8. The number of aliphatic carboxylic acids is 2. The molecule has 0 radical (unpaired) electrons. The molecule has 1 heterocycles. The zero-order valence-electron chi connectivity index (χ0n) is 22.3. The van der Waals surface area contributed by atoms with Crippen LogP contribution in [0.5, 0.6) is 11.5 Å². The molecule has 0 fully saturated rings. The summed E-state index contributed by atoms with van der Waals surface area (Å²) >= 11 is 0. The van der Waals surface area contributed by atoms with Gasteiger partial charge in [0, 0.05) is 11.1 Å². The highest BCUT2D eigenvalue weighted by molar-refractivity contribution is 5.93. The summed E-state index contributed by atoms with van der Waals surface area (Å²) in [5, 5.41) is 35.0. The summed E-state index contributed by atoms with van der Waals surface area (Å²) in [6.45, 7) is 0.579. The Balaban J connectivity index is 0.000000192. The first-order valence-corrected chi connectivity index (χ1v) is 12.6. The number of carboxylic acid groups (broad SMARTS) is 3. The highest BCUT2D eigenvalue weighted by atomic mass is 16.5. The van der Waals surface area contributed by atoms with Crippen molar-refractivity contribution in [2.24, 2.45) is 0 Å². The molecular weight excluding hydrogens is 544 g/mol. The largest absolute Gasteiger partial charge is 0.508 e. The van der Waals surface area contributed by atoms with Crippen molar-refractivity contribution in [3.63, 3.8) is 0 Å². The number of aromatic carboxylic acids is 1.